The largest absolute Gasteiger partial charge is 0.494 e. The normalized spacial score (nSPS) is 14.3. The maximum Gasteiger partial charge on any atom is 0.289 e. The van der Waals surface area contributed by atoms with Crippen LogP contribution >= 0.6 is 23.2 Å². The highest BCUT2D eigenvalue weighted by Gasteiger charge is 2.24. The second-order valence-electron chi connectivity index (χ2n) is 7.76. The van der Waals surface area contributed by atoms with Crippen LogP contribution in [0.25, 0.3) is 0 Å². The lowest BCUT2D eigenvalue weighted by Crippen LogP contribution is -2.48. The molecule has 0 aliphatic carbocycles. The number of furan rings is 1. The predicted molar refractivity (Wildman–Crippen MR) is 128 cm³/mol. The van der Waals surface area contributed by atoms with Gasteiger partial charge in [0.25, 0.3) is 5.91 Å². The SMILES string of the molecule is CCOc1ccc(OCc2ccc(C(=O)N3CCN(Cc4ccc(Cl)cc4Cl)CC3)o2)cc1. The number of piperazine rings is 1. The maximum atomic E-state index is 12.9. The summed E-state index contributed by atoms with van der Waals surface area (Å²) in [5.74, 6) is 2.33. The fourth-order valence-corrected chi connectivity index (χ4v) is 4.15. The summed E-state index contributed by atoms with van der Waals surface area (Å²) in [6.07, 6.45) is 0. The lowest BCUT2D eigenvalue weighted by molar-refractivity contribution is 0.0594. The van der Waals surface area contributed by atoms with Crippen LogP contribution in [0.5, 0.6) is 11.5 Å². The second-order valence-corrected chi connectivity index (χ2v) is 8.61. The second kappa shape index (κ2) is 11.0. The molecule has 8 heteroatoms. The van der Waals surface area contributed by atoms with Gasteiger partial charge in [0.1, 0.15) is 23.9 Å². The number of amides is 1. The van der Waals surface area contributed by atoms with Crippen LogP contribution in [0.3, 0.4) is 0 Å². The third-order valence-corrected chi connectivity index (χ3v) is 6.04. The highest BCUT2D eigenvalue weighted by atomic mass is 35.5. The lowest BCUT2D eigenvalue weighted by atomic mass is 10.2. The highest BCUT2D eigenvalue weighted by Crippen LogP contribution is 2.23. The number of benzene rings is 2. The summed E-state index contributed by atoms with van der Waals surface area (Å²) in [7, 11) is 0. The molecule has 0 saturated carbocycles. The van der Waals surface area contributed by atoms with E-state index in [0.29, 0.717) is 47.0 Å². The number of carbonyl (C=O) groups is 1. The standard InChI is InChI=1S/C25H26Cl2N2O4/c1-2-31-20-5-7-21(8-6-20)32-17-22-9-10-24(33-22)25(30)29-13-11-28(12-14-29)16-18-3-4-19(26)15-23(18)27/h3-10,15H,2,11-14,16-17H2,1H3. The van der Waals surface area contributed by atoms with Crippen molar-refractivity contribution in [2.24, 2.45) is 0 Å². The van der Waals surface area contributed by atoms with Crippen molar-refractivity contribution in [3.8, 4) is 11.5 Å². The van der Waals surface area contributed by atoms with Gasteiger partial charge in [0, 0.05) is 42.8 Å². The van der Waals surface area contributed by atoms with Gasteiger partial charge < -0.3 is 18.8 Å². The quantitative estimate of drug-likeness (QED) is 0.417. The molecule has 4 rings (SSSR count). The molecule has 174 valence electrons. The molecule has 33 heavy (non-hydrogen) atoms. The van der Waals surface area contributed by atoms with E-state index in [1.165, 1.54) is 0 Å². The van der Waals surface area contributed by atoms with Crippen molar-refractivity contribution in [2.45, 2.75) is 20.1 Å². The molecule has 0 N–H and O–H groups in total. The maximum absolute atomic E-state index is 12.9. The van der Waals surface area contributed by atoms with E-state index < -0.39 is 0 Å². The van der Waals surface area contributed by atoms with Gasteiger partial charge >= 0.3 is 0 Å². The summed E-state index contributed by atoms with van der Waals surface area (Å²) in [5, 5.41) is 1.29. The zero-order valence-electron chi connectivity index (χ0n) is 18.4. The minimum atomic E-state index is -0.105. The molecule has 0 unspecified atom stereocenters. The molecule has 0 radical (unpaired) electrons. The van der Waals surface area contributed by atoms with E-state index in [1.807, 2.05) is 48.2 Å². The zero-order valence-corrected chi connectivity index (χ0v) is 19.9. The van der Waals surface area contributed by atoms with Crippen molar-refractivity contribution in [3.63, 3.8) is 0 Å². The summed E-state index contributed by atoms with van der Waals surface area (Å²) >= 11 is 12.3. The van der Waals surface area contributed by atoms with E-state index in [0.717, 1.165) is 30.9 Å². The molecule has 2 heterocycles. The van der Waals surface area contributed by atoms with Gasteiger partial charge in [-0.2, -0.15) is 0 Å². The fraction of sp³-hybridized carbons (Fsp3) is 0.320. The van der Waals surface area contributed by atoms with E-state index in [4.69, 9.17) is 37.1 Å². The fourth-order valence-electron chi connectivity index (χ4n) is 3.68. The number of rotatable bonds is 8. The van der Waals surface area contributed by atoms with E-state index in [-0.39, 0.29) is 12.5 Å². The Morgan fingerprint density at radius 3 is 2.30 bits per heavy atom. The van der Waals surface area contributed by atoms with Gasteiger partial charge in [0.15, 0.2) is 5.76 Å². The monoisotopic (exact) mass is 488 g/mol. The Morgan fingerprint density at radius 1 is 0.939 bits per heavy atom. The number of ether oxygens (including phenoxy) is 2. The number of carbonyl (C=O) groups excluding carboxylic acids is 1. The summed E-state index contributed by atoms with van der Waals surface area (Å²) in [6, 6.07) is 16.4. The summed E-state index contributed by atoms with van der Waals surface area (Å²) in [5.41, 5.74) is 1.03. The molecule has 0 spiro atoms. The van der Waals surface area contributed by atoms with Crippen molar-refractivity contribution in [2.75, 3.05) is 32.8 Å². The van der Waals surface area contributed by atoms with Crippen LogP contribution in [0.2, 0.25) is 10.0 Å². The summed E-state index contributed by atoms with van der Waals surface area (Å²) in [6.45, 7) is 6.32. The average Bonchev–Trinajstić information content (AvgIpc) is 3.30. The molecule has 3 aromatic rings. The van der Waals surface area contributed by atoms with Crippen LogP contribution in [0, 0.1) is 0 Å². The molecule has 1 aliphatic heterocycles. The molecule has 1 saturated heterocycles. The van der Waals surface area contributed by atoms with Gasteiger partial charge in [-0.3, -0.25) is 9.69 Å². The minimum absolute atomic E-state index is 0.105. The van der Waals surface area contributed by atoms with E-state index in [1.54, 1.807) is 18.2 Å². The molecular formula is C25H26Cl2N2O4. The number of halogens is 2. The molecule has 2 aromatic carbocycles. The first-order valence-corrected chi connectivity index (χ1v) is 11.7. The summed E-state index contributed by atoms with van der Waals surface area (Å²) < 4.78 is 16.9. The molecule has 1 aliphatic rings. The van der Waals surface area contributed by atoms with Gasteiger partial charge in [-0.05, 0) is 61.0 Å². The van der Waals surface area contributed by atoms with Gasteiger partial charge in [0.05, 0.1) is 6.61 Å². The van der Waals surface area contributed by atoms with Gasteiger partial charge in [-0.15, -0.1) is 0 Å². The van der Waals surface area contributed by atoms with Crippen LogP contribution < -0.4 is 9.47 Å². The topological polar surface area (TPSA) is 55.2 Å². The molecule has 1 fully saturated rings. The van der Waals surface area contributed by atoms with Crippen molar-refractivity contribution < 1.29 is 18.7 Å². The smallest absolute Gasteiger partial charge is 0.289 e. The number of hydrogen-bond acceptors (Lipinski definition) is 5. The van der Waals surface area contributed by atoms with Crippen molar-refractivity contribution >= 4 is 29.1 Å². The Labute approximate surface area is 203 Å². The number of hydrogen-bond donors (Lipinski definition) is 0. The Kier molecular flexibility index (Phi) is 7.81. The minimum Gasteiger partial charge on any atom is -0.494 e. The van der Waals surface area contributed by atoms with Crippen molar-refractivity contribution in [1.29, 1.82) is 0 Å². The highest BCUT2D eigenvalue weighted by molar-refractivity contribution is 6.35. The molecule has 1 aromatic heterocycles. The van der Waals surface area contributed by atoms with Crippen LogP contribution in [0.15, 0.2) is 59.0 Å². The van der Waals surface area contributed by atoms with Crippen LogP contribution in [0.4, 0.5) is 0 Å². The molecule has 0 atom stereocenters. The summed E-state index contributed by atoms with van der Waals surface area (Å²) in [4.78, 5) is 17.0. The average molecular weight is 489 g/mol. The van der Waals surface area contributed by atoms with Gasteiger partial charge in [-0.25, -0.2) is 0 Å². The Hall–Kier alpha value is -2.67. The van der Waals surface area contributed by atoms with E-state index >= 15 is 0 Å². The Morgan fingerprint density at radius 2 is 1.64 bits per heavy atom. The zero-order chi connectivity index (χ0) is 23.2. The van der Waals surface area contributed by atoms with Gasteiger partial charge in [-0.1, -0.05) is 29.3 Å². The van der Waals surface area contributed by atoms with Crippen molar-refractivity contribution in [3.05, 3.63) is 81.7 Å². The molecule has 0 bridgehead atoms. The number of nitrogens with zero attached hydrogens (tertiary/aromatic N) is 2. The Bertz CT molecular complexity index is 1080. The van der Waals surface area contributed by atoms with E-state index in [2.05, 4.69) is 4.90 Å². The van der Waals surface area contributed by atoms with E-state index in [9.17, 15) is 4.79 Å². The Balaban J connectivity index is 1.26. The third kappa shape index (κ3) is 6.22. The predicted octanol–water partition coefficient (Wildman–Crippen LogP) is 5.52. The molecule has 6 nitrogen and oxygen atoms in total. The first-order valence-electron chi connectivity index (χ1n) is 10.9. The van der Waals surface area contributed by atoms with Crippen LogP contribution in [-0.2, 0) is 13.2 Å². The van der Waals surface area contributed by atoms with Crippen LogP contribution in [0.1, 0.15) is 28.8 Å². The van der Waals surface area contributed by atoms with Gasteiger partial charge in [0.2, 0.25) is 0 Å². The van der Waals surface area contributed by atoms with Crippen molar-refractivity contribution in [1.82, 2.24) is 9.80 Å². The lowest BCUT2D eigenvalue weighted by Gasteiger charge is -2.34. The first-order chi connectivity index (χ1) is 16.0. The molecule has 1 amide bonds. The van der Waals surface area contributed by atoms with Crippen LogP contribution in [-0.4, -0.2) is 48.5 Å². The molecular weight excluding hydrogens is 463 g/mol. The third-order valence-electron chi connectivity index (χ3n) is 5.46. The first kappa shape index (κ1) is 23.5.